The second-order valence-corrected chi connectivity index (χ2v) is 2.32. The summed E-state index contributed by atoms with van der Waals surface area (Å²) in [5.74, 6) is -0.775. The predicted octanol–water partition coefficient (Wildman–Crippen LogP) is -0.129. The molecule has 5 heteroatoms. The molecule has 0 aromatic rings. The van der Waals surface area contributed by atoms with Gasteiger partial charge >= 0.3 is 5.97 Å². The highest BCUT2D eigenvalue weighted by molar-refractivity contribution is 5.85. The van der Waals surface area contributed by atoms with Crippen LogP contribution in [0.5, 0.6) is 0 Å². The molecule has 1 aliphatic rings. The second-order valence-electron chi connectivity index (χ2n) is 2.32. The van der Waals surface area contributed by atoms with Gasteiger partial charge in [-0.3, -0.25) is 4.79 Å². The molecule has 0 aromatic heterocycles. The van der Waals surface area contributed by atoms with E-state index in [0.717, 1.165) is 6.54 Å². The number of rotatable bonds is 2. The quantitative estimate of drug-likeness (QED) is 0.623. The number of nitrogens with one attached hydrogen (secondary N) is 1. The summed E-state index contributed by atoms with van der Waals surface area (Å²) in [7, 11) is 0. The maximum atomic E-state index is 10.2. The van der Waals surface area contributed by atoms with Gasteiger partial charge in [0.05, 0.1) is 19.6 Å². The average molecular weight is 182 g/mol. The van der Waals surface area contributed by atoms with Crippen LogP contribution in [0.3, 0.4) is 0 Å². The zero-order valence-electron chi connectivity index (χ0n) is 6.08. The third-order valence-electron chi connectivity index (χ3n) is 1.42. The summed E-state index contributed by atoms with van der Waals surface area (Å²) in [6.45, 7) is 1.97. The number of hydrogen-bond acceptors (Lipinski definition) is 3. The molecule has 1 fully saturated rings. The monoisotopic (exact) mass is 181 g/mol. The molecule has 11 heavy (non-hydrogen) atoms. The number of hydrogen-bond donors (Lipinski definition) is 2. The lowest BCUT2D eigenvalue weighted by Gasteiger charge is -2.21. The van der Waals surface area contributed by atoms with Crippen molar-refractivity contribution in [2.75, 3.05) is 19.8 Å². The molecule has 1 aliphatic heterocycles. The van der Waals surface area contributed by atoms with Gasteiger partial charge in [0.2, 0.25) is 0 Å². The van der Waals surface area contributed by atoms with Gasteiger partial charge in [0.15, 0.2) is 0 Å². The van der Waals surface area contributed by atoms with Crippen molar-refractivity contribution in [3.05, 3.63) is 0 Å². The van der Waals surface area contributed by atoms with Crippen molar-refractivity contribution in [2.45, 2.75) is 12.5 Å². The number of ether oxygens (including phenoxy) is 1. The van der Waals surface area contributed by atoms with E-state index in [1.165, 1.54) is 0 Å². The zero-order valence-corrected chi connectivity index (χ0v) is 6.89. The lowest BCUT2D eigenvalue weighted by atomic mass is 10.2. The summed E-state index contributed by atoms with van der Waals surface area (Å²) in [5, 5.41) is 11.4. The number of aliphatic carboxylic acids is 1. The second kappa shape index (κ2) is 5.35. The molecule has 1 atom stereocenters. The minimum Gasteiger partial charge on any atom is -0.481 e. The first-order valence-electron chi connectivity index (χ1n) is 3.32. The van der Waals surface area contributed by atoms with Crippen molar-refractivity contribution in [1.29, 1.82) is 0 Å². The van der Waals surface area contributed by atoms with Crippen LogP contribution in [-0.2, 0) is 9.53 Å². The summed E-state index contributed by atoms with van der Waals surface area (Å²) in [6.07, 6.45) is 0.153. The summed E-state index contributed by atoms with van der Waals surface area (Å²) in [5.41, 5.74) is 0. The van der Waals surface area contributed by atoms with E-state index in [0.29, 0.717) is 13.2 Å². The van der Waals surface area contributed by atoms with Gasteiger partial charge in [-0.25, -0.2) is 0 Å². The van der Waals surface area contributed by atoms with E-state index in [1.807, 2.05) is 0 Å². The Hall–Kier alpha value is -0.320. The fourth-order valence-corrected chi connectivity index (χ4v) is 0.962. The number of halogens is 1. The molecule has 0 saturated carbocycles. The first-order valence-corrected chi connectivity index (χ1v) is 3.32. The first kappa shape index (κ1) is 10.7. The molecule has 0 radical (unpaired) electrons. The molecule has 0 aliphatic carbocycles. The van der Waals surface area contributed by atoms with E-state index >= 15 is 0 Å². The number of carbonyl (C=O) groups is 1. The van der Waals surface area contributed by atoms with Gasteiger partial charge in [-0.15, -0.1) is 12.4 Å². The maximum absolute atomic E-state index is 10.2. The van der Waals surface area contributed by atoms with Gasteiger partial charge in [-0.05, 0) is 0 Å². The first-order chi connectivity index (χ1) is 4.79. The average Bonchev–Trinajstić information content (AvgIpc) is 1.88. The summed E-state index contributed by atoms with van der Waals surface area (Å²) >= 11 is 0. The van der Waals surface area contributed by atoms with Crippen molar-refractivity contribution in [3.63, 3.8) is 0 Å². The van der Waals surface area contributed by atoms with Crippen molar-refractivity contribution in [2.24, 2.45) is 0 Å². The largest absolute Gasteiger partial charge is 0.481 e. The molecule has 66 valence electrons. The van der Waals surface area contributed by atoms with Crippen LogP contribution in [0, 0.1) is 0 Å². The van der Waals surface area contributed by atoms with Crippen LogP contribution in [0.2, 0.25) is 0 Å². The molecule has 1 saturated heterocycles. The Kier molecular flexibility index (Phi) is 5.19. The van der Waals surface area contributed by atoms with Crippen LogP contribution in [0.15, 0.2) is 0 Å². The van der Waals surface area contributed by atoms with Crippen molar-refractivity contribution in [3.8, 4) is 0 Å². The summed E-state index contributed by atoms with van der Waals surface area (Å²) < 4.78 is 5.06. The number of morpholine rings is 1. The van der Waals surface area contributed by atoms with E-state index in [9.17, 15) is 4.79 Å². The van der Waals surface area contributed by atoms with Crippen LogP contribution in [-0.4, -0.2) is 36.9 Å². The third-order valence-corrected chi connectivity index (χ3v) is 1.42. The minimum atomic E-state index is -0.775. The Labute approximate surface area is 71.3 Å². The molecule has 0 spiro atoms. The van der Waals surface area contributed by atoms with Gasteiger partial charge in [-0.1, -0.05) is 0 Å². The van der Waals surface area contributed by atoms with Gasteiger partial charge in [-0.2, -0.15) is 0 Å². The molecular weight excluding hydrogens is 170 g/mol. The highest BCUT2D eigenvalue weighted by Gasteiger charge is 2.15. The van der Waals surface area contributed by atoms with E-state index in [4.69, 9.17) is 9.84 Å². The smallest absolute Gasteiger partial charge is 0.305 e. The lowest BCUT2D eigenvalue weighted by molar-refractivity contribution is -0.138. The Balaban J connectivity index is 0.000001000. The summed E-state index contributed by atoms with van der Waals surface area (Å²) in [6, 6.07) is 0.00579. The van der Waals surface area contributed by atoms with E-state index in [-0.39, 0.29) is 24.9 Å². The third kappa shape index (κ3) is 4.19. The van der Waals surface area contributed by atoms with Crippen molar-refractivity contribution in [1.82, 2.24) is 5.32 Å². The Morgan fingerprint density at radius 1 is 1.73 bits per heavy atom. The van der Waals surface area contributed by atoms with Gasteiger partial charge < -0.3 is 15.2 Å². The standard InChI is InChI=1S/C6H11NO3.ClH/c8-6(9)3-5-4-10-2-1-7-5;/h5,7H,1-4H2,(H,8,9);1H. The van der Waals surface area contributed by atoms with Crippen LogP contribution < -0.4 is 5.32 Å². The topological polar surface area (TPSA) is 58.6 Å². The maximum Gasteiger partial charge on any atom is 0.305 e. The SMILES string of the molecule is Cl.O=C(O)CC1COCCN1. The molecule has 1 heterocycles. The highest BCUT2D eigenvalue weighted by atomic mass is 35.5. The minimum absolute atomic E-state index is 0. The van der Waals surface area contributed by atoms with Crippen molar-refractivity contribution < 1.29 is 14.6 Å². The number of carboxylic acids is 1. The number of carboxylic acid groups (broad SMARTS) is 1. The molecule has 0 aromatic carbocycles. The van der Waals surface area contributed by atoms with E-state index < -0.39 is 5.97 Å². The fraction of sp³-hybridized carbons (Fsp3) is 0.833. The molecule has 1 unspecified atom stereocenters. The van der Waals surface area contributed by atoms with Crippen LogP contribution in [0.25, 0.3) is 0 Å². The predicted molar refractivity (Wildman–Crippen MR) is 42.1 cm³/mol. The lowest BCUT2D eigenvalue weighted by Crippen LogP contribution is -2.42. The van der Waals surface area contributed by atoms with E-state index in [1.54, 1.807) is 0 Å². The molecule has 1 rings (SSSR count). The Morgan fingerprint density at radius 3 is 2.91 bits per heavy atom. The Bertz CT molecular complexity index is 125. The molecule has 0 amide bonds. The van der Waals surface area contributed by atoms with Crippen molar-refractivity contribution >= 4 is 18.4 Å². The van der Waals surface area contributed by atoms with E-state index in [2.05, 4.69) is 5.32 Å². The van der Waals surface area contributed by atoms with Crippen LogP contribution in [0.4, 0.5) is 0 Å². The van der Waals surface area contributed by atoms with Crippen LogP contribution >= 0.6 is 12.4 Å². The van der Waals surface area contributed by atoms with Gasteiger partial charge in [0.25, 0.3) is 0 Å². The van der Waals surface area contributed by atoms with Crippen LogP contribution in [0.1, 0.15) is 6.42 Å². The molecule has 2 N–H and O–H groups in total. The molecule has 0 bridgehead atoms. The summed E-state index contributed by atoms with van der Waals surface area (Å²) in [4.78, 5) is 10.2. The fourth-order valence-electron chi connectivity index (χ4n) is 0.962. The normalized spacial score (nSPS) is 23.8. The highest BCUT2D eigenvalue weighted by Crippen LogP contribution is 1.97. The van der Waals surface area contributed by atoms with Gasteiger partial charge in [0.1, 0.15) is 0 Å². The molecule has 4 nitrogen and oxygen atoms in total. The van der Waals surface area contributed by atoms with Gasteiger partial charge in [0, 0.05) is 12.6 Å². The molecular formula is C6H12ClNO3. The Morgan fingerprint density at radius 2 is 2.45 bits per heavy atom. The zero-order chi connectivity index (χ0) is 7.40.